The lowest BCUT2D eigenvalue weighted by molar-refractivity contribution is -0.139. The molecule has 0 saturated carbocycles. The van der Waals surface area contributed by atoms with Crippen LogP contribution in [-0.4, -0.2) is 29.9 Å². The quantitative estimate of drug-likeness (QED) is 0.843. The lowest BCUT2D eigenvalue weighted by Crippen LogP contribution is -2.46. The molecular weight excluding hydrogens is 316 g/mol. The van der Waals surface area contributed by atoms with Crippen LogP contribution < -0.4 is 10.1 Å². The van der Waals surface area contributed by atoms with Crippen molar-refractivity contribution in [3.63, 3.8) is 0 Å². The van der Waals surface area contributed by atoms with Crippen LogP contribution in [0.5, 0.6) is 5.75 Å². The van der Waals surface area contributed by atoms with Gasteiger partial charge in [-0.25, -0.2) is 0 Å². The Hall–Kier alpha value is -2.82. The largest absolute Gasteiger partial charge is 0.496 e. The summed E-state index contributed by atoms with van der Waals surface area (Å²) in [5.74, 6) is 0.393. The molecule has 5 heteroatoms. The van der Waals surface area contributed by atoms with E-state index in [1.807, 2.05) is 54.6 Å². The highest BCUT2D eigenvalue weighted by Gasteiger charge is 2.23. The van der Waals surface area contributed by atoms with Crippen molar-refractivity contribution in [2.75, 3.05) is 7.11 Å². The number of ether oxygens (including phenoxy) is 1. The molecular formula is C20H24N2O3. The molecule has 1 atom stereocenters. The van der Waals surface area contributed by atoms with Crippen LogP contribution in [0.1, 0.15) is 25.0 Å². The minimum absolute atomic E-state index is 0.135. The van der Waals surface area contributed by atoms with Gasteiger partial charge in [0.15, 0.2) is 0 Å². The number of nitrogens with one attached hydrogen (secondary N) is 1. The second-order valence-electron chi connectivity index (χ2n) is 5.84. The van der Waals surface area contributed by atoms with Crippen LogP contribution in [0.25, 0.3) is 0 Å². The number of carbonyl (C=O) groups is 2. The first-order valence-electron chi connectivity index (χ1n) is 8.23. The first-order chi connectivity index (χ1) is 12.0. The molecule has 2 amide bonds. The van der Waals surface area contributed by atoms with E-state index in [0.29, 0.717) is 13.1 Å². The Balaban J connectivity index is 2.02. The van der Waals surface area contributed by atoms with E-state index >= 15 is 0 Å². The zero-order valence-electron chi connectivity index (χ0n) is 14.9. The second-order valence-corrected chi connectivity index (χ2v) is 5.84. The Morgan fingerprint density at radius 2 is 1.72 bits per heavy atom. The van der Waals surface area contributed by atoms with E-state index in [1.165, 1.54) is 6.92 Å². The van der Waals surface area contributed by atoms with E-state index < -0.39 is 6.04 Å². The zero-order chi connectivity index (χ0) is 18.2. The molecule has 0 spiro atoms. The number of nitrogens with zero attached hydrogens (tertiary/aromatic N) is 1. The molecule has 0 bridgehead atoms. The van der Waals surface area contributed by atoms with Crippen LogP contribution >= 0.6 is 0 Å². The third-order valence-electron chi connectivity index (χ3n) is 4.09. The highest BCUT2D eigenvalue weighted by atomic mass is 16.5. The van der Waals surface area contributed by atoms with Crippen molar-refractivity contribution < 1.29 is 14.3 Å². The van der Waals surface area contributed by atoms with Crippen molar-refractivity contribution in [2.24, 2.45) is 0 Å². The average molecular weight is 340 g/mol. The summed E-state index contributed by atoms with van der Waals surface area (Å²) in [6.07, 6.45) is 0. The number of hydrogen-bond donors (Lipinski definition) is 1. The molecule has 2 rings (SSSR count). The minimum Gasteiger partial charge on any atom is -0.496 e. The van der Waals surface area contributed by atoms with Gasteiger partial charge in [0.25, 0.3) is 0 Å². The molecule has 0 aliphatic rings. The standard InChI is InChI=1S/C20H24N2O3/c1-15(22(16(2)23)14-17-9-5-4-6-10-17)20(24)21-13-18-11-7-8-12-19(18)25-3/h4-12,15H,13-14H2,1-3H3,(H,21,24)/t15-/m0/s1. The Kier molecular flexibility index (Phi) is 6.57. The summed E-state index contributed by atoms with van der Waals surface area (Å²) >= 11 is 0. The Morgan fingerprint density at radius 3 is 2.36 bits per heavy atom. The Labute approximate surface area is 148 Å². The van der Waals surface area contributed by atoms with Crippen LogP contribution in [0.3, 0.4) is 0 Å². The van der Waals surface area contributed by atoms with Gasteiger partial charge in [0.1, 0.15) is 11.8 Å². The van der Waals surface area contributed by atoms with Gasteiger partial charge in [-0.05, 0) is 18.6 Å². The summed E-state index contributed by atoms with van der Waals surface area (Å²) < 4.78 is 5.29. The maximum absolute atomic E-state index is 12.5. The molecule has 0 fully saturated rings. The third kappa shape index (κ3) is 5.08. The van der Waals surface area contributed by atoms with Gasteiger partial charge in [-0.15, -0.1) is 0 Å². The van der Waals surface area contributed by atoms with Crippen molar-refractivity contribution in [1.29, 1.82) is 0 Å². The zero-order valence-corrected chi connectivity index (χ0v) is 14.9. The molecule has 0 aromatic heterocycles. The van der Waals surface area contributed by atoms with Crippen molar-refractivity contribution in [3.8, 4) is 5.75 Å². The number of methoxy groups -OCH3 is 1. The fraction of sp³-hybridized carbons (Fsp3) is 0.300. The number of carbonyl (C=O) groups excluding carboxylic acids is 2. The Morgan fingerprint density at radius 1 is 1.08 bits per heavy atom. The van der Waals surface area contributed by atoms with Crippen LogP contribution in [0, 0.1) is 0 Å². The number of amides is 2. The summed E-state index contributed by atoms with van der Waals surface area (Å²) in [4.78, 5) is 26.1. The van der Waals surface area contributed by atoms with Gasteiger partial charge in [0, 0.05) is 25.6 Å². The molecule has 0 saturated heterocycles. The number of para-hydroxylation sites is 1. The van der Waals surface area contributed by atoms with E-state index in [1.54, 1.807) is 18.9 Å². The fourth-order valence-corrected chi connectivity index (χ4v) is 2.62. The predicted molar refractivity (Wildman–Crippen MR) is 97.0 cm³/mol. The van der Waals surface area contributed by atoms with Gasteiger partial charge < -0.3 is 15.0 Å². The third-order valence-corrected chi connectivity index (χ3v) is 4.09. The number of benzene rings is 2. The first kappa shape index (κ1) is 18.5. The number of rotatable bonds is 7. The molecule has 0 aliphatic carbocycles. The minimum atomic E-state index is -0.563. The maximum atomic E-state index is 12.5. The van der Waals surface area contributed by atoms with E-state index in [-0.39, 0.29) is 11.8 Å². The smallest absolute Gasteiger partial charge is 0.242 e. The van der Waals surface area contributed by atoms with Gasteiger partial charge >= 0.3 is 0 Å². The molecule has 0 unspecified atom stereocenters. The van der Waals surface area contributed by atoms with E-state index in [9.17, 15) is 9.59 Å². The molecule has 25 heavy (non-hydrogen) atoms. The van der Waals surface area contributed by atoms with Crippen molar-refractivity contribution in [3.05, 3.63) is 65.7 Å². The summed E-state index contributed by atoms with van der Waals surface area (Å²) in [6.45, 7) is 3.97. The van der Waals surface area contributed by atoms with Gasteiger partial charge in [-0.3, -0.25) is 9.59 Å². The highest BCUT2D eigenvalue weighted by Crippen LogP contribution is 2.17. The monoisotopic (exact) mass is 340 g/mol. The van der Waals surface area contributed by atoms with E-state index in [2.05, 4.69) is 5.32 Å². The van der Waals surface area contributed by atoms with Gasteiger partial charge in [-0.2, -0.15) is 0 Å². The van der Waals surface area contributed by atoms with Gasteiger partial charge in [0.2, 0.25) is 11.8 Å². The molecule has 2 aromatic rings. The second kappa shape index (κ2) is 8.87. The summed E-state index contributed by atoms with van der Waals surface area (Å²) in [5, 5.41) is 2.88. The van der Waals surface area contributed by atoms with Crippen molar-refractivity contribution in [1.82, 2.24) is 10.2 Å². The van der Waals surface area contributed by atoms with Crippen LogP contribution in [0.4, 0.5) is 0 Å². The lowest BCUT2D eigenvalue weighted by Gasteiger charge is -2.27. The molecule has 1 N–H and O–H groups in total. The van der Waals surface area contributed by atoms with Crippen LogP contribution in [0.2, 0.25) is 0 Å². The molecule has 5 nitrogen and oxygen atoms in total. The topological polar surface area (TPSA) is 58.6 Å². The van der Waals surface area contributed by atoms with Crippen molar-refractivity contribution >= 4 is 11.8 Å². The van der Waals surface area contributed by atoms with Crippen LogP contribution in [-0.2, 0) is 22.7 Å². The molecule has 2 aromatic carbocycles. The molecule has 0 heterocycles. The molecule has 0 aliphatic heterocycles. The Bertz CT molecular complexity index is 716. The summed E-state index contributed by atoms with van der Waals surface area (Å²) in [6, 6.07) is 16.6. The summed E-state index contributed by atoms with van der Waals surface area (Å²) in [5.41, 5.74) is 1.88. The van der Waals surface area contributed by atoms with E-state index in [0.717, 1.165) is 16.9 Å². The van der Waals surface area contributed by atoms with Crippen molar-refractivity contribution in [2.45, 2.75) is 33.0 Å². The van der Waals surface area contributed by atoms with Gasteiger partial charge in [0.05, 0.1) is 7.11 Å². The fourth-order valence-electron chi connectivity index (χ4n) is 2.62. The average Bonchev–Trinajstić information content (AvgIpc) is 2.64. The van der Waals surface area contributed by atoms with E-state index in [4.69, 9.17) is 4.74 Å². The molecule has 132 valence electrons. The number of hydrogen-bond acceptors (Lipinski definition) is 3. The highest BCUT2D eigenvalue weighted by molar-refractivity contribution is 5.86. The molecule has 0 radical (unpaired) electrons. The predicted octanol–water partition coefficient (Wildman–Crippen LogP) is 2.75. The maximum Gasteiger partial charge on any atom is 0.242 e. The van der Waals surface area contributed by atoms with Crippen LogP contribution in [0.15, 0.2) is 54.6 Å². The normalized spacial score (nSPS) is 11.5. The lowest BCUT2D eigenvalue weighted by atomic mass is 10.1. The van der Waals surface area contributed by atoms with Gasteiger partial charge in [-0.1, -0.05) is 48.5 Å². The SMILES string of the molecule is COc1ccccc1CNC(=O)[C@H](C)N(Cc1ccccc1)C(C)=O. The summed E-state index contributed by atoms with van der Waals surface area (Å²) in [7, 11) is 1.60. The first-order valence-corrected chi connectivity index (χ1v) is 8.23.